The van der Waals surface area contributed by atoms with Gasteiger partial charge in [0.15, 0.2) is 0 Å². The largest absolute Gasteiger partial charge is 0.329 e. The molecule has 0 atom stereocenters. The summed E-state index contributed by atoms with van der Waals surface area (Å²) in [4.78, 5) is 0. The summed E-state index contributed by atoms with van der Waals surface area (Å²) in [7, 11) is 0. The molecule has 0 aliphatic carbocycles. The van der Waals surface area contributed by atoms with Crippen LogP contribution in [0.3, 0.4) is 0 Å². The number of nitrogens with two attached hydrogens (primary N) is 2. The van der Waals surface area contributed by atoms with E-state index in [4.69, 9.17) is 11.5 Å². The zero-order valence-corrected chi connectivity index (χ0v) is 5.21. The topological polar surface area (TPSA) is 52.0 Å². The van der Waals surface area contributed by atoms with Crippen molar-refractivity contribution in [3.05, 3.63) is 13.2 Å². The van der Waals surface area contributed by atoms with Crippen molar-refractivity contribution in [2.45, 2.75) is 0 Å². The first kappa shape index (κ1) is 15.8. The summed E-state index contributed by atoms with van der Waals surface area (Å²) in [5, 5.41) is 0. The first-order valence-electron chi connectivity index (χ1n) is 1.82. The van der Waals surface area contributed by atoms with E-state index in [1.165, 1.54) is 0 Å². The van der Waals surface area contributed by atoms with Crippen LogP contribution in [0.15, 0.2) is 13.2 Å². The molecule has 0 aliphatic rings. The molecule has 7 heavy (non-hydrogen) atoms. The van der Waals surface area contributed by atoms with Crippen LogP contribution in [-0.4, -0.2) is 13.1 Å². The molecule has 0 bridgehead atoms. The average Bonchev–Trinajstić information content (AvgIpc) is 1.72. The third-order valence-corrected chi connectivity index (χ3v) is 0.167. The van der Waals surface area contributed by atoms with Crippen LogP contribution in [0.2, 0.25) is 0 Å². The lowest BCUT2D eigenvalue weighted by molar-refractivity contribution is 0.976. The SMILES string of the molecule is C=C.Cl.NCCN. The van der Waals surface area contributed by atoms with Crippen molar-refractivity contribution in [1.82, 2.24) is 0 Å². The fourth-order valence-corrected chi connectivity index (χ4v) is 0. The molecule has 0 aromatic heterocycles. The highest BCUT2D eigenvalue weighted by Gasteiger charge is 1.54. The van der Waals surface area contributed by atoms with Crippen LogP contribution in [0, 0.1) is 0 Å². The summed E-state index contributed by atoms with van der Waals surface area (Å²) in [5.41, 5.74) is 9.81. The van der Waals surface area contributed by atoms with Crippen LogP contribution in [0.4, 0.5) is 0 Å². The van der Waals surface area contributed by atoms with Crippen LogP contribution < -0.4 is 11.5 Å². The second-order valence-corrected chi connectivity index (χ2v) is 0.577. The molecule has 0 saturated carbocycles. The lowest BCUT2D eigenvalue weighted by Gasteiger charge is -1.72. The number of hydrogen-bond acceptors (Lipinski definition) is 2. The smallest absolute Gasteiger partial charge is 0.00461 e. The van der Waals surface area contributed by atoms with E-state index < -0.39 is 0 Å². The molecule has 2 nitrogen and oxygen atoms in total. The third-order valence-electron chi connectivity index (χ3n) is 0.167. The molecule has 0 aromatic rings. The van der Waals surface area contributed by atoms with E-state index in [1.54, 1.807) is 0 Å². The molecule has 0 heterocycles. The van der Waals surface area contributed by atoms with Crippen LogP contribution in [0.1, 0.15) is 0 Å². The van der Waals surface area contributed by atoms with Gasteiger partial charge in [-0.2, -0.15) is 0 Å². The highest BCUT2D eigenvalue weighted by atomic mass is 35.5. The maximum atomic E-state index is 4.90. The molecule has 4 N–H and O–H groups in total. The van der Waals surface area contributed by atoms with Crippen molar-refractivity contribution in [2.75, 3.05) is 13.1 Å². The highest BCUT2D eigenvalue weighted by Crippen LogP contribution is 1.24. The molecule has 0 fully saturated rings. The predicted octanol–water partition coefficient (Wildman–Crippen LogP) is 0.128. The molecule has 3 heteroatoms. The van der Waals surface area contributed by atoms with Gasteiger partial charge in [0, 0.05) is 13.1 Å². The van der Waals surface area contributed by atoms with Gasteiger partial charge in [0.05, 0.1) is 0 Å². The standard InChI is InChI=1S/C2H8N2.C2H4.ClH/c3-1-2-4;1-2;/h1-4H2;1-2H2;1H. The molecular weight excluding hydrogens is 112 g/mol. The Morgan fingerprint density at radius 3 is 1.14 bits per heavy atom. The van der Waals surface area contributed by atoms with Crippen LogP contribution in [0.5, 0.6) is 0 Å². The van der Waals surface area contributed by atoms with Crippen molar-refractivity contribution in [3.63, 3.8) is 0 Å². The van der Waals surface area contributed by atoms with Gasteiger partial charge in [0.1, 0.15) is 0 Å². The summed E-state index contributed by atoms with van der Waals surface area (Å²) in [6.45, 7) is 7.19. The van der Waals surface area contributed by atoms with Crippen molar-refractivity contribution in [1.29, 1.82) is 0 Å². The lowest BCUT2D eigenvalue weighted by atomic mass is 10.7. The van der Waals surface area contributed by atoms with Gasteiger partial charge in [-0.3, -0.25) is 0 Å². The summed E-state index contributed by atoms with van der Waals surface area (Å²) >= 11 is 0. The van der Waals surface area contributed by atoms with Crippen molar-refractivity contribution in [3.8, 4) is 0 Å². The Bertz CT molecular complexity index is 17.2. The molecule has 0 aliphatic heterocycles. The second-order valence-electron chi connectivity index (χ2n) is 0.577. The van der Waals surface area contributed by atoms with E-state index in [-0.39, 0.29) is 12.4 Å². The van der Waals surface area contributed by atoms with Gasteiger partial charge >= 0.3 is 0 Å². The molecule has 0 spiro atoms. The Hall–Kier alpha value is -0.0500. The van der Waals surface area contributed by atoms with Crippen molar-refractivity contribution in [2.24, 2.45) is 11.5 Å². The Morgan fingerprint density at radius 2 is 1.14 bits per heavy atom. The molecule has 0 rings (SSSR count). The van der Waals surface area contributed by atoms with Gasteiger partial charge in [-0.15, -0.1) is 25.6 Å². The lowest BCUT2D eigenvalue weighted by Crippen LogP contribution is -2.11. The zero-order valence-electron chi connectivity index (χ0n) is 4.39. The maximum absolute atomic E-state index is 4.90. The first-order chi connectivity index (χ1) is 2.91. The van der Waals surface area contributed by atoms with Gasteiger partial charge < -0.3 is 11.5 Å². The maximum Gasteiger partial charge on any atom is 0.00461 e. The van der Waals surface area contributed by atoms with Gasteiger partial charge in [-0.05, 0) is 0 Å². The Kier molecular flexibility index (Phi) is 86.4. The van der Waals surface area contributed by atoms with Crippen LogP contribution in [0.25, 0.3) is 0 Å². The number of rotatable bonds is 1. The molecule has 0 amide bonds. The quantitative estimate of drug-likeness (QED) is 0.489. The van der Waals surface area contributed by atoms with E-state index in [1.807, 2.05) is 0 Å². The van der Waals surface area contributed by atoms with Gasteiger partial charge in [0.25, 0.3) is 0 Å². The summed E-state index contributed by atoms with van der Waals surface area (Å²) in [5.74, 6) is 0. The molecule has 0 saturated heterocycles. The fraction of sp³-hybridized carbons (Fsp3) is 0.500. The highest BCUT2D eigenvalue weighted by molar-refractivity contribution is 5.85. The molecule has 0 radical (unpaired) electrons. The van der Waals surface area contributed by atoms with E-state index in [0.29, 0.717) is 13.1 Å². The third kappa shape index (κ3) is 103. The summed E-state index contributed by atoms with van der Waals surface area (Å²) in [6.07, 6.45) is 0. The molecule has 0 unspecified atom stereocenters. The number of halogens is 1. The second kappa shape index (κ2) is 38.3. The van der Waals surface area contributed by atoms with Crippen molar-refractivity contribution < 1.29 is 0 Å². The molecule has 0 aromatic carbocycles. The van der Waals surface area contributed by atoms with E-state index in [9.17, 15) is 0 Å². The Labute approximate surface area is 51.0 Å². The summed E-state index contributed by atoms with van der Waals surface area (Å²) < 4.78 is 0. The van der Waals surface area contributed by atoms with E-state index in [0.717, 1.165) is 0 Å². The zero-order chi connectivity index (χ0) is 5.41. The molecule has 46 valence electrons. The normalized spacial score (nSPS) is 4.86. The average molecular weight is 125 g/mol. The van der Waals surface area contributed by atoms with Gasteiger partial charge in [0.2, 0.25) is 0 Å². The van der Waals surface area contributed by atoms with Crippen LogP contribution in [-0.2, 0) is 0 Å². The van der Waals surface area contributed by atoms with Gasteiger partial charge in [-0.1, -0.05) is 0 Å². The van der Waals surface area contributed by atoms with E-state index in [2.05, 4.69) is 13.2 Å². The minimum absolute atomic E-state index is 0. The van der Waals surface area contributed by atoms with E-state index >= 15 is 0 Å². The monoisotopic (exact) mass is 124 g/mol. The van der Waals surface area contributed by atoms with Crippen LogP contribution >= 0.6 is 12.4 Å². The molecular formula is C4H13ClN2. The minimum atomic E-state index is 0. The Balaban J connectivity index is -0.0000000480. The number of hydrogen-bond donors (Lipinski definition) is 2. The Morgan fingerprint density at radius 1 is 1.00 bits per heavy atom. The summed E-state index contributed by atoms with van der Waals surface area (Å²) in [6, 6.07) is 0. The fourth-order valence-electron chi connectivity index (χ4n) is 0. The van der Waals surface area contributed by atoms with Gasteiger partial charge in [-0.25, -0.2) is 0 Å². The predicted molar refractivity (Wildman–Crippen MR) is 36.6 cm³/mol. The minimum Gasteiger partial charge on any atom is -0.329 e. The first-order valence-corrected chi connectivity index (χ1v) is 1.82. The van der Waals surface area contributed by atoms with Crippen molar-refractivity contribution >= 4 is 12.4 Å².